The third kappa shape index (κ3) is 2.41. The molecule has 0 saturated heterocycles. The average molecular weight is 191 g/mol. The van der Waals surface area contributed by atoms with Crippen molar-refractivity contribution >= 4 is 5.69 Å². The van der Waals surface area contributed by atoms with Crippen molar-refractivity contribution in [3.63, 3.8) is 0 Å². The van der Waals surface area contributed by atoms with Crippen LogP contribution in [-0.2, 0) is 0 Å². The number of benzene rings is 1. The van der Waals surface area contributed by atoms with Gasteiger partial charge < -0.3 is 10.5 Å². The Balaban J connectivity index is 1.74. The van der Waals surface area contributed by atoms with E-state index in [-0.39, 0.29) is 0 Å². The van der Waals surface area contributed by atoms with E-state index in [1.54, 1.807) is 0 Å². The Morgan fingerprint density at radius 1 is 1.36 bits per heavy atom. The lowest BCUT2D eigenvalue weighted by Crippen LogP contribution is -2.14. The molecule has 1 aromatic carbocycles. The maximum atomic E-state index is 5.65. The van der Waals surface area contributed by atoms with Gasteiger partial charge in [-0.25, -0.2) is 0 Å². The van der Waals surface area contributed by atoms with Crippen LogP contribution in [0.15, 0.2) is 24.3 Å². The molecule has 0 atom stereocenters. The minimum atomic E-state index is 0.770. The molecule has 1 aliphatic rings. The number of nitrogens with two attached hydrogens (primary N) is 1. The van der Waals surface area contributed by atoms with E-state index in [0.717, 1.165) is 24.0 Å². The molecule has 1 aliphatic carbocycles. The minimum absolute atomic E-state index is 0.770. The number of hydrogen-bond acceptors (Lipinski definition) is 2. The molecule has 0 aliphatic heterocycles. The number of anilines is 1. The van der Waals surface area contributed by atoms with Gasteiger partial charge in [0.25, 0.3) is 0 Å². The van der Waals surface area contributed by atoms with Crippen LogP contribution in [0.4, 0.5) is 5.69 Å². The topological polar surface area (TPSA) is 35.2 Å². The maximum absolute atomic E-state index is 5.65. The summed E-state index contributed by atoms with van der Waals surface area (Å²) in [5, 5.41) is 0. The van der Waals surface area contributed by atoms with Crippen LogP contribution in [0.25, 0.3) is 0 Å². The molecule has 1 saturated carbocycles. The van der Waals surface area contributed by atoms with Gasteiger partial charge in [-0.05, 0) is 24.5 Å². The van der Waals surface area contributed by atoms with E-state index in [1.165, 1.54) is 25.7 Å². The van der Waals surface area contributed by atoms with Crippen LogP contribution in [0, 0.1) is 5.92 Å². The van der Waals surface area contributed by atoms with Gasteiger partial charge in [0, 0.05) is 11.8 Å². The predicted molar refractivity (Wildman–Crippen MR) is 58.3 cm³/mol. The van der Waals surface area contributed by atoms with Crippen molar-refractivity contribution in [1.29, 1.82) is 0 Å². The summed E-state index contributed by atoms with van der Waals surface area (Å²) in [4.78, 5) is 0. The Bertz CT molecular complexity index is 294. The number of rotatable bonds is 4. The number of nitrogen functional groups attached to an aromatic ring is 1. The first-order chi connectivity index (χ1) is 6.84. The summed E-state index contributed by atoms with van der Waals surface area (Å²) < 4.78 is 5.61. The van der Waals surface area contributed by atoms with Gasteiger partial charge in [0.15, 0.2) is 0 Å². The third-order valence-corrected chi connectivity index (χ3v) is 2.88. The fourth-order valence-electron chi connectivity index (χ4n) is 1.73. The molecular weight excluding hydrogens is 174 g/mol. The van der Waals surface area contributed by atoms with Crippen molar-refractivity contribution < 1.29 is 4.74 Å². The van der Waals surface area contributed by atoms with Crippen LogP contribution >= 0.6 is 0 Å². The first-order valence-electron chi connectivity index (χ1n) is 5.33. The fourth-order valence-corrected chi connectivity index (χ4v) is 1.73. The van der Waals surface area contributed by atoms with Crippen LogP contribution in [0.1, 0.15) is 25.7 Å². The lowest BCUT2D eigenvalue weighted by Gasteiger charge is -2.24. The molecule has 0 spiro atoms. The van der Waals surface area contributed by atoms with Gasteiger partial charge in [0.05, 0.1) is 6.61 Å². The summed E-state index contributed by atoms with van der Waals surface area (Å²) in [5.41, 5.74) is 6.42. The van der Waals surface area contributed by atoms with E-state index in [9.17, 15) is 0 Å². The molecule has 2 heteroatoms. The lowest BCUT2D eigenvalue weighted by molar-refractivity contribution is 0.222. The molecule has 2 N–H and O–H groups in total. The van der Waals surface area contributed by atoms with Crippen LogP contribution < -0.4 is 10.5 Å². The third-order valence-electron chi connectivity index (χ3n) is 2.88. The van der Waals surface area contributed by atoms with Gasteiger partial charge in [-0.1, -0.05) is 25.3 Å². The molecule has 0 aromatic heterocycles. The zero-order valence-corrected chi connectivity index (χ0v) is 8.41. The normalized spacial score (nSPS) is 16.3. The van der Waals surface area contributed by atoms with Gasteiger partial charge in [-0.2, -0.15) is 0 Å². The zero-order valence-electron chi connectivity index (χ0n) is 8.41. The van der Waals surface area contributed by atoms with Gasteiger partial charge in [0.2, 0.25) is 0 Å². The monoisotopic (exact) mass is 191 g/mol. The Morgan fingerprint density at radius 2 is 2.21 bits per heavy atom. The van der Waals surface area contributed by atoms with Crippen LogP contribution in [0.5, 0.6) is 5.75 Å². The second kappa shape index (κ2) is 4.36. The van der Waals surface area contributed by atoms with E-state index >= 15 is 0 Å². The standard InChI is InChI=1S/C12H17NO/c13-11-5-2-6-12(9-11)14-8-7-10-3-1-4-10/h2,5-6,9-10H,1,3-4,7-8,13H2. The SMILES string of the molecule is Nc1cccc(OCCC2CCC2)c1. The Labute approximate surface area is 85.1 Å². The molecule has 2 rings (SSSR count). The first-order valence-corrected chi connectivity index (χ1v) is 5.33. The van der Waals surface area contributed by atoms with Crippen molar-refractivity contribution in [2.75, 3.05) is 12.3 Å². The van der Waals surface area contributed by atoms with Crippen LogP contribution in [0.2, 0.25) is 0 Å². The molecule has 0 heterocycles. The summed E-state index contributed by atoms with van der Waals surface area (Å²) in [6.07, 6.45) is 5.37. The summed E-state index contributed by atoms with van der Waals surface area (Å²) in [6, 6.07) is 7.63. The molecule has 0 bridgehead atoms. The average Bonchev–Trinajstić information content (AvgIpc) is 2.09. The van der Waals surface area contributed by atoms with Gasteiger partial charge in [-0.3, -0.25) is 0 Å². The largest absolute Gasteiger partial charge is 0.494 e. The van der Waals surface area contributed by atoms with E-state index < -0.39 is 0 Å². The minimum Gasteiger partial charge on any atom is -0.494 e. The van der Waals surface area contributed by atoms with Crippen molar-refractivity contribution in [2.24, 2.45) is 5.92 Å². The fraction of sp³-hybridized carbons (Fsp3) is 0.500. The smallest absolute Gasteiger partial charge is 0.121 e. The number of hydrogen-bond donors (Lipinski definition) is 1. The molecular formula is C12H17NO. The van der Waals surface area contributed by atoms with Crippen molar-refractivity contribution in [3.8, 4) is 5.75 Å². The Hall–Kier alpha value is -1.18. The molecule has 1 fully saturated rings. The molecule has 0 amide bonds. The highest BCUT2D eigenvalue weighted by Crippen LogP contribution is 2.29. The highest BCUT2D eigenvalue weighted by Gasteiger charge is 2.16. The lowest BCUT2D eigenvalue weighted by atomic mass is 9.83. The Kier molecular flexibility index (Phi) is 2.92. The van der Waals surface area contributed by atoms with Gasteiger partial charge >= 0.3 is 0 Å². The molecule has 0 radical (unpaired) electrons. The summed E-state index contributed by atoms with van der Waals surface area (Å²) in [6.45, 7) is 0.828. The summed E-state index contributed by atoms with van der Waals surface area (Å²) >= 11 is 0. The van der Waals surface area contributed by atoms with Crippen molar-refractivity contribution in [1.82, 2.24) is 0 Å². The van der Waals surface area contributed by atoms with E-state index in [0.29, 0.717) is 0 Å². The quantitative estimate of drug-likeness (QED) is 0.743. The zero-order chi connectivity index (χ0) is 9.80. The predicted octanol–water partition coefficient (Wildman–Crippen LogP) is 2.84. The van der Waals surface area contributed by atoms with Crippen LogP contribution in [-0.4, -0.2) is 6.61 Å². The van der Waals surface area contributed by atoms with Crippen molar-refractivity contribution in [3.05, 3.63) is 24.3 Å². The molecule has 14 heavy (non-hydrogen) atoms. The highest BCUT2D eigenvalue weighted by atomic mass is 16.5. The summed E-state index contributed by atoms with van der Waals surface area (Å²) in [5.74, 6) is 1.81. The summed E-state index contributed by atoms with van der Waals surface area (Å²) in [7, 11) is 0. The van der Waals surface area contributed by atoms with E-state index in [2.05, 4.69) is 0 Å². The highest BCUT2D eigenvalue weighted by molar-refractivity contribution is 5.43. The molecule has 2 nitrogen and oxygen atoms in total. The second-order valence-electron chi connectivity index (χ2n) is 4.01. The molecule has 76 valence electrons. The van der Waals surface area contributed by atoms with Gasteiger partial charge in [-0.15, -0.1) is 0 Å². The van der Waals surface area contributed by atoms with E-state index in [1.807, 2.05) is 24.3 Å². The molecule has 0 unspecified atom stereocenters. The Morgan fingerprint density at radius 3 is 2.86 bits per heavy atom. The second-order valence-corrected chi connectivity index (χ2v) is 4.01. The van der Waals surface area contributed by atoms with Crippen molar-refractivity contribution in [2.45, 2.75) is 25.7 Å². The van der Waals surface area contributed by atoms with Crippen LogP contribution in [0.3, 0.4) is 0 Å². The molecule has 1 aromatic rings. The van der Waals surface area contributed by atoms with Gasteiger partial charge in [0.1, 0.15) is 5.75 Å². The number of ether oxygens (including phenoxy) is 1. The maximum Gasteiger partial charge on any atom is 0.121 e. The van der Waals surface area contributed by atoms with E-state index in [4.69, 9.17) is 10.5 Å². The first kappa shape index (κ1) is 9.38.